The van der Waals surface area contributed by atoms with Crippen molar-refractivity contribution in [3.8, 4) is 0 Å². The maximum absolute atomic E-state index is 12.1. The molecule has 0 unspecified atom stereocenters. The van der Waals surface area contributed by atoms with Crippen molar-refractivity contribution >= 4 is 39.1 Å². The minimum absolute atomic E-state index is 0.145. The molecular weight excluding hydrogens is 394 g/mol. The summed E-state index contributed by atoms with van der Waals surface area (Å²) in [5, 5.41) is 12.0. The summed E-state index contributed by atoms with van der Waals surface area (Å²) in [5.41, 5.74) is 2.53. The number of hydrogen-bond donors (Lipinski definition) is 1. The predicted molar refractivity (Wildman–Crippen MR) is 96.1 cm³/mol. The number of halogens is 2. The van der Waals surface area contributed by atoms with Gasteiger partial charge < -0.3 is 5.32 Å². The number of benzene rings is 1. The van der Waals surface area contributed by atoms with Gasteiger partial charge in [-0.2, -0.15) is 10.2 Å². The number of nitrogens with one attached hydrogen (secondary N) is 1. The lowest BCUT2D eigenvalue weighted by Gasteiger charge is -2.03. The molecule has 0 atom stereocenters. The fourth-order valence-electron chi connectivity index (χ4n) is 2.26. The van der Waals surface area contributed by atoms with Gasteiger partial charge in [0.2, 0.25) is 5.91 Å². The number of aromatic nitrogens is 4. The summed E-state index contributed by atoms with van der Waals surface area (Å²) < 4.78 is 4.21. The molecule has 1 aromatic carbocycles. The van der Waals surface area contributed by atoms with Gasteiger partial charge in [0.15, 0.2) is 0 Å². The van der Waals surface area contributed by atoms with Crippen LogP contribution in [0.5, 0.6) is 0 Å². The lowest BCUT2D eigenvalue weighted by molar-refractivity contribution is -0.116. The van der Waals surface area contributed by atoms with Crippen molar-refractivity contribution in [3.05, 3.63) is 63.6 Å². The van der Waals surface area contributed by atoms with Crippen molar-refractivity contribution in [3.63, 3.8) is 0 Å². The largest absolute Gasteiger partial charge is 0.322 e. The summed E-state index contributed by atoms with van der Waals surface area (Å²) >= 11 is 9.35. The van der Waals surface area contributed by atoms with Gasteiger partial charge in [-0.3, -0.25) is 14.2 Å². The normalized spacial score (nSPS) is 10.8. The van der Waals surface area contributed by atoms with E-state index >= 15 is 0 Å². The smallest absolute Gasteiger partial charge is 0.246 e. The van der Waals surface area contributed by atoms with Crippen LogP contribution in [0.15, 0.2) is 47.3 Å². The van der Waals surface area contributed by atoms with Crippen molar-refractivity contribution < 1.29 is 4.79 Å². The second kappa shape index (κ2) is 7.19. The molecule has 0 saturated carbocycles. The molecular formula is C16H15BrClN5O. The molecule has 124 valence electrons. The van der Waals surface area contributed by atoms with Crippen LogP contribution in [0, 0.1) is 6.92 Å². The standard InChI is InChI=1S/C16H15BrClN5O/c1-11-15(17)9-23(21-11)10-16(24)20-14-6-19-22(8-14)7-12-3-2-4-13(18)5-12/h2-6,8-9H,7,10H2,1H3,(H,20,24). The van der Waals surface area contributed by atoms with Crippen molar-refractivity contribution in [2.45, 2.75) is 20.0 Å². The van der Waals surface area contributed by atoms with Gasteiger partial charge in [0, 0.05) is 17.4 Å². The molecule has 0 spiro atoms. The average molecular weight is 409 g/mol. The Morgan fingerprint density at radius 1 is 1.33 bits per heavy atom. The lowest BCUT2D eigenvalue weighted by Crippen LogP contribution is -2.18. The molecule has 6 nitrogen and oxygen atoms in total. The molecule has 24 heavy (non-hydrogen) atoms. The van der Waals surface area contributed by atoms with Crippen LogP contribution in [0.1, 0.15) is 11.3 Å². The molecule has 0 aliphatic rings. The van der Waals surface area contributed by atoms with E-state index < -0.39 is 0 Å². The van der Waals surface area contributed by atoms with Gasteiger partial charge in [0.1, 0.15) is 6.54 Å². The molecule has 0 aliphatic carbocycles. The Bertz CT molecular complexity index is 853. The maximum Gasteiger partial charge on any atom is 0.246 e. The quantitative estimate of drug-likeness (QED) is 0.703. The van der Waals surface area contributed by atoms with Crippen molar-refractivity contribution in [2.24, 2.45) is 0 Å². The van der Waals surface area contributed by atoms with E-state index in [1.54, 1.807) is 28.0 Å². The van der Waals surface area contributed by atoms with Crippen molar-refractivity contribution in [2.75, 3.05) is 5.32 Å². The topological polar surface area (TPSA) is 64.7 Å². The average Bonchev–Trinajstić information content (AvgIpc) is 3.06. The Morgan fingerprint density at radius 2 is 2.17 bits per heavy atom. The first-order valence-corrected chi connectivity index (χ1v) is 8.43. The first-order chi connectivity index (χ1) is 11.5. The van der Waals surface area contributed by atoms with E-state index in [2.05, 4.69) is 31.4 Å². The Kier molecular flexibility index (Phi) is 5.01. The highest BCUT2D eigenvalue weighted by atomic mass is 79.9. The molecule has 3 rings (SSSR count). The van der Waals surface area contributed by atoms with Gasteiger partial charge in [-0.1, -0.05) is 23.7 Å². The summed E-state index contributed by atoms with van der Waals surface area (Å²) in [6, 6.07) is 7.59. The number of rotatable bonds is 5. The van der Waals surface area contributed by atoms with Gasteiger partial charge in [-0.15, -0.1) is 0 Å². The molecule has 0 aliphatic heterocycles. The zero-order valence-electron chi connectivity index (χ0n) is 12.9. The molecule has 0 radical (unpaired) electrons. The molecule has 1 N–H and O–H groups in total. The second-order valence-electron chi connectivity index (χ2n) is 5.36. The maximum atomic E-state index is 12.1. The van der Waals surface area contributed by atoms with Crippen LogP contribution in [0.4, 0.5) is 5.69 Å². The summed E-state index contributed by atoms with van der Waals surface area (Å²) in [7, 11) is 0. The SMILES string of the molecule is Cc1nn(CC(=O)Nc2cnn(Cc3cccc(Cl)c3)c2)cc1Br. The fourth-order valence-corrected chi connectivity index (χ4v) is 2.79. The predicted octanol–water partition coefficient (Wildman–Crippen LogP) is 3.49. The van der Waals surface area contributed by atoms with E-state index in [1.807, 2.05) is 31.2 Å². The van der Waals surface area contributed by atoms with Gasteiger partial charge in [0.25, 0.3) is 0 Å². The number of anilines is 1. The summed E-state index contributed by atoms with van der Waals surface area (Å²) in [6.07, 6.45) is 5.17. The molecule has 0 saturated heterocycles. The van der Waals surface area contributed by atoms with E-state index in [9.17, 15) is 4.79 Å². The van der Waals surface area contributed by atoms with Gasteiger partial charge in [-0.05, 0) is 40.5 Å². The molecule has 0 fully saturated rings. The third-order valence-corrected chi connectivity index (χ3v) is 4.36. The zero-order valence-corrected chi connectivity index (χ0v) is 15.3. The number of aryl methyl sites for hydroxylation is 1. The Hall–Kier alpha value is -2.12. The van der Waals surface area contributed by atoms with Gasteiger partial charge in [0.05, 0.1) is 28.6 Å². The van der Waals surface area contributed by atoms with E-state index in [4.69, 9.17) is 11.6 Å². The van der Waals surface area contributed by atoms with Gasteiger partial charge >= 0.3 is 0 Å². The van der Waals surface area contributed by atoms with Crippen molar-refractivity contribution in [1.82, 2.24) is 19.6 Å². The number of carbonyl (C=O) groups is 1. The first kappa shape index (κ1) is 16.7. The minimum atomic E-state index is -0.160. The molecule has 2 heterocycles. The van der Waals surface area contributed by atoms with E-state index in [1.165, 1.54) is 0 Å². The van der Waals surface area contributed by atoms with Crippen LogP contribution in [0.25, 0.3) is 0 Å². The third-order valence-electron chi connectivity index (χ3n) is 3.34. The third kappa shape index (κ3) is 4.24. The highest BCUT2D eigenvalue weighted by molar-refractivity contribution is 9.10. The Morgan fingerprint density at radius 3 is 2.88 bits per heavy atom. The molecule has 1 amide bonds. The van der Waals surface area contributed by atoms with Crippen LogP contribution in [-0.4, -0.2) is 25.5 Å². The number of hydrogen-bond acceptors (Lipinski definition) is 3. The summed E-state index contributed by atoms with van der Waals surface area (Å²) in [6.45, 7) is 2.60. The zero-order chi connectivity index (χ0) is 17.1. The second-order valence-corrected chi connectivity index (χ2v) is 6.66. The molecule has 8 heteroatoms. The molecule has 0 bridgehead atoms. The van der Waals surface area contributed by atoms with Crippen LogP contribution < -0.4 is 5.32 Å². The lowest BCUT2D eigenvalue weighted by atomic mass is 10.2. The first-order valence-electron chi connectivity index (χ1n) is 7.26. The highest BCUT2D eigenvalue weighted by Crippen LogP contribution is 2.14. The van der Waals surface area contributed by atoms with Gasteiger partial charge in [-0.25, -0.2) is 0 Å². The number of carbonyl (C=O) groups excluding carboxylic acids is 1. The highest BCUT2D eigenvalue weighted by Gasteiger charge is 2.08. The molecule has 2 aromatic heterocycles. The van der Waals surface area contributed by atoms with Crippen LogP contribution >= 0.6 is 27.5 Å². The fraction of sp³-hybridized carbons (Fsp3) is 0.188. The monoisotopic (exact) mass is 407 g/mol. The minimum Gasteiger partial charge on any atom is -0.322 e. The summed E-state index contributed by atoms with van der Waals surface area (Å²) in [4.78, 5) is 12.1. The van der Waals surface area contributed by atoms with E-state index in [-0.39, 0.29) is 12.5 Å². The molecule has 3 aromatic rings. The number of amides is 1. The van der Waals surface area contributed by atoms with Crippen LogP contribution in [0.3, 0.4) is 0 Å². The van der Waals surface area contributed by atoms with E-state index in [0.717, 1.165) is 15.7 Å². The van der Waals surface area contributed by atoms with E-state index in [0.29, 0.717) is 17.3 Å². The summed E-state index contributed by atoms with van der Waals surface area (Å²) in [5.74, 6) is -0.160. The Labute approximate surface area is 152 Å². The van der Waals surface area contributed by atoms with Crippen LogP contribution in [-0.2, 0) is 17.9 Å². The number of nitrogens with zero attached hydrogens (tertiary/aromatic N) is 4. The Balaban J connectivity index is 1.60. The van der Waals surface area contributed by atoms with Crippen LogP contribution in [0.2, 0.25) is 5.02 Å². The van der Waals surface area contributed by atoms with Crippen molar-refractivity contribution in [1.29, 1.82) is 0 Å².